The van der Waals surface area contributed by atoms with Gasteiger partial charge in [0.25, 0.3) is 0 Å². The van der Waals surface area contributed by atoms with Gasteiger partial charge in [-0.05, 0) is 23.6 Å². The lowest BCUT2D eigenvalue weighted by Gasteiger charge is -2.02. The Hall–Kier alpha value is -1.91. The third kappa shape index (κ3) is 5.13. The third-order valence-electron chi connectivity index (χ3n) is 2.69. The Morgan fingerprint density at radius 3 is 2.73 bits per heavy atom. The Bertz CT molecular complexity index is 674. The minimum absolute atomic E-state index is 0.0326. The van der Waals surface area contributed by atoms with Crippen LogP contribution in [0.5, 0.6) is 0 Å². The summed E-state index contributed by atoms with van der Waals surface area (Å²) in [5.41, 5.74) is 1.77. The lowest BCUT2D eigenvalue weighted by Crippen LogP contribution is -2.13. The number of hydrogen-bond donors (Lipinski definition) is 1. The van der Waals surface area contributed by atoms with Crippen LogP contribution < -0.4 is 5.32 Å². The summed E-state index contributed by atoms with van der Waals surface area (Å²) in [6.45, 7) is 4.00. The van der Waals surface area contributed by atoms with Crippen molar-refractivity contribution in [2.45, 2.75) is 30.4 Å². The number of hydrogen-bond acceptors (Lipinski definition) is 6. The van der Waals surface area contributed by atoms with Crippen LogP contribution in [-0.2, 0) is 10.5 Å². The number of nitrogens with one attached hydrogen (secondary N) is 1. The van der Waals surface area contributed by atoms with E-state index in [2.05, 4.69) is 21.6 Å². The molecule has 2 rings (SSSR count). The number of nitrogens with zero attached hydrogens (tertiary/aromatic N) is 3. The molecular weight excluding hydrogens is 316 g/mol. The zero-order valence-electron chi connectivity index (χ0n) is 12.4. The highest BCUT2D eigenvalue weighted by Crippen LogP contribution is 2.28. The van der Waals surface area contributed by atoms with Gasteiger partial charge in [0, 0.05) is 12.2 Å². The molecule has 1 aromatic carbocycles. The molecule has 1 N–H and O–H groups in total. The van der Waals surface area contributed by atoms with E-state index in [-0.39, 0.29) is 5.91 Å². The molecule has 0 saturated heterocycles. The molecule has 7 heteroatoms. The van der Waals surface area contributed by atoms with Gasteiger partial charge in [-0.1, -0.05) is 49.1 Å². The van der Waals surface area contributed by atoms with Gasteiger partial charge < -0.3 is 5.32 Å². The van der Waals surface area contributed by atoms with E-state index in [9.17, 15) is 4.79 Å². The molecule has 0 unspecified atom stereocenters. The summed E-state index contributed by atoms with van der Waals surface area (Å²) >= 11 is 2.93. The molecule has 1 amide bonds. The Labute approximate surface area is 137 Å². The first kappa shape index (κ1) is 16.5. The van der Waals surface area contributed by atoms with E-state index in [1.807, 2.05) is 26.0 Å². The predicted octanol–water partition coefficient (Wildman–Crippen LogP) is 3.69. The lowest BCUT2D eigenvalue weighted by atomic mass is 10.1. The maximum Gasteiger partial charge on any atom is 0.226 e. The van der Waals surface area contributed by atoms with Gasteiger partial charge in [0.2, 0.25) is 11.0 Å². The van der Waals surface area contributed by atoms with E-state index < -0.39 is 0 Å². The van der Waals surface area contributed by atoms with E-state index in [0.29, 0.717) is 23.0 Å². The van der Waals surface area contributed by atoms with Crippen molar-refractivity contribution in [1.82, 2.24) is 10.2 Å². The Morgan fingerprint density at radius 1 is 1.36 bits per heavy atom. The zero-order chi connectivity index (χ0) is 15.9. The van der Waals surface area contributed by atoms with Crippen LogP contribution in [0, 0.1) is 17.2 Å². The van der Waals surface area contributed by atoms with E-state index in [1.54, 1.807) is 23.9 Å². The van der Waals surface area contributed by atoms with Crippen molar-refractivity contribution in [3.63, 3.8) is 0 Å². The summed E-state index contributed by atoms with van der Waals surface area (Å²) in [6.07, 6.45) is 0.479. The third-order valence-corrected chi connectivity index (χ3v) is 4.73. The molecule has 22 heavy (non-hydrogen) atoms. The molecular formula is C15H16N4OS2. The number of amides is 1. The first-order valence-electron chi connectivity index (χ1n) is 6.82. The number of carbonyl (C=O) groups is 1. The van der Waals surface area contributed by atoms with Crippen LogP contribution in [0.1, 0.15) is 31.4 Å². The quantitative estimate of drug-likeness (QED) is 0.645. The van der Waals surface area contributed by atoms with Crippen molar-refractivity contribution in [3.05, 3.63) is 35.4 Å². The number of thioether (sulfide) groups is 1. The van der Waals surface area contributed by atoms with Crippen molar-refractivity contribution in [1.29, 1.82) is 5.26 Å². The summed E-state index contributed by atoms with van der Waals surface area (Å²) in [5.74, 6) is 1.04. The highest BCUT2D eigenvalue weighted by atomic mass is 32.2. The second-order valence-electron chi connectivity index (χ2n) is 5.12. The molecule has 0 spiro atoms. The molecule has 0 radical (unpaired) electrons. The smallest absolute Gasteiger partial charge is 0.226 e. The van der Waals surface area contributed by atoms with Crippen molar-refractivity contribution >= 4 is 34.1 Å². The molecule has 1 heterocycles. The molecule has 0 fully saturated rings. The second kappa shape index (κ2) is 7.92. The highest BCUT2D eigenvalue weighted by Gasteiger charge is 2.10. The molecule has 0 bridgehead atoms. The topological polar surface area (TPSA) is 78.7 Å². The standard InChI is InChI=1S/C15H16N4OS2/c1-10(2)7-13(20)17-14-18-19-15(22-14)21-9-12-5-3-11(8-16)4-6-12/h3-6,10H,7,9H2,1-2H3,(H,17,18,20). The number of carbonyl (C=O) groups excluding carboxylic acids is 1. The van der Waals surface area contributed by atoms with Gasteiger partial charge in [0.15, 0.2) is 4.34 Å². The second-order valence-corrected chi connectivity index (χ2v) is 7.32. The molecule has 0 saturated carbocycles. The average molecular weight is 332 g/mol. The molecule has 2 aromatic rings. The molecule has 5 nitrogen and oxygen atoms in total. The molecule has 0 aliphatic carbocycles. The Kier molecular flexibility index (Phi) is 5.92. The van der Waals surface area contributed by atoms with Gasteiger partial charge in [-0.15, -0.1) is 10.2 Å². The van der Waals surface area contributed by atoms with Crippen molar-refractivity contribution in [2.75, 3.05) is 5.32 Å². The van der Waals surface area contributed by atoms with Crippen LogP contribution in [0.25, 0.3) is 0 Å². The van der Waals surface area contributed by atoms with Gasteiger partial charge in [-0.3, -0.25) is 4.79 Å². The average Bonchev–Trinajstić information content (AvgIpc) is 2.92. The van der Waals surface area contributed by atoms with E-state index in [1.165, 1.54) is 11.3 Å². The van der Waals surface area contributed by atoms with E-state index in [4.69, 9.17) is 5.26 Å². The van der Waals surface area contributed by atoms with Crippen LogP contribution in [0.15, 0.2) is 28.6 Å². The summed E-state index contributed by atoms with van der Waals surface area (Å²) < 4.78 is 0.809. The zero-order valence-corrected chi connectivity index (χ0v) is 14.0. The number of anilines is 1. The minimum atomic E-state index is -0.0326. The number of benzene rings is 1. The lowest BCUT2D eigenvalue weighted by molar-refractivity contribution is -0.116. The van der Waals surface area contributed by atoms with E-state index in [0.717, 1.165) is 15.7 Å². The number of aromatic nitrogens is 2. The highest BCUT2D eigenvalue weighted by molar-refractivity contribution is 8.00. The summed E-state index contributed by atoms with van der Waals surface area (Å²) in [5, 5.41) is 20.1. The minimum Gasteiger partial charge on any atom is -0.300 e. The fraction of sp³-hybridized carbons (Fsp3) is 0.333. The van der Waals surface area contributed by atoms with Crippen molar-refractivity contribution < 1.29 is 4.79 Å². The van der Waals surface area contributed by atoms with E-state index >= 15 is 0 Å². The Morgan fingerprint density at radius 2 is 2.09 bits per heavy atom. The van der Waals surface area contributed by atoms with Gasteiger partial charge in [-0.2, -0.15) is 5.26 Å². The van der Waals surface area contributed by atoms with Crippen LogP contribution >= 0.6 is 23.1 Å². The fourth-order valence-electron chi connectivity index (χ4n) is 1.68. The first-order valence-corrected chi connectivity index (χ1v) is 8.62. The number of nitriles is 1. The van der Waals surface area contributed by atoms with Gasteiger partial charge >= 0.3 is 0 Å². The van der Waals surface area contributed by atoms with Crippen molar-refractivity contribution in [2.24, 2.45) is 5.92 Å². The SMILES string of the molecule is CC(C)CC(=O)Nc1nnc(SCc2ccc(C#N)cc2)s1. The van der Waals surface area contributed by atoms with Gasteiger partial charge in [-0.25, -0.2) is 0 Å². The van der Waals surface area contributed by atoms with Gasteiger partial charge in [0.1, 0.15) is 0 Å². The summed E-state index contributed by atoms with van der Waals surface area (Å²) in [4.78, 5) is 11.7. The van der Waals surface area contributed by atoms with Crippen LogP contribution in [-0.4, -0.2) is 16.1 Å². The molecule has 1 aromatic heterocycles. The largest absolute Gasteiger partial charge is 0.300 e. The molecule has 0 aliphatic rings. The maximum absolute atomic E-state index is 11.7. The van der Waals surface area contributed by atoms with Crippen LogP contribution in [0.4, 0.5) is 5.13 Å². The molecule has 0 atom stereocenters. The fourth-order valence-corrected chi connectivity index (χ4v) is 3.40. The van der Waals surface area contributed by atoms with Crippen LogP contribution in [0.3, 0.4) is 0 Å². The maximum atomic E-state index is 11.7. The number of rotatable bonds is 6. The van der Waals surface area contributed by atoms with Crippen molar-refractivity contribution in [3.8, 4) is 6.07 Å². The molecule has 0 aliphatic heterocycles. The van der Waals surface area contributed by atoms with Crippen LogP contribution in [0.2, 0.25) is 0 Å². The van der Waals surface area contributed by atoms with Gasteiger partial charge in [0.05, 0.1) is 11.6 Å². The monoisotopic (exact) mass is 332 g/mol. The Balaban J connectivity index is 1.86. The summed E-state index contributed by atoms with van der Waals surface area (Å²) in [7, 11) is 0. The molecule has 114 valence electrons. The predicted molar refractivity (Wildman–Crippen MR) is 88.7 cm³/mol. The normalized spacial score (nSPS) is 10.5. The summed E-state index contributed by atoms with van der Waals surface area (Å²) in [6, 6.07) is 9.55. The first-order chi connectivity index (χ1) is 10.6.